The molecule has 1 aliphatic rings. The van der Waals surface area contributed by atoms with Crippen LogP contribution in [0.15, 0.2) is 67.0 Å². The van der Waals surface area contributed by atoms with Crippen molar-refractivity contribution < 1.29 is 13.6 Å². The van der Waals surface area contributed by atoms with Crippen molar-refractivity contribution in [2.75, 3.05) is 18.4 Å². The zero-order chi connectivity index (χ0) is 25.9. The lowest BCUT2D eigenvalue weighted by atomic mass is 9.97. The molecule has 0 radical (unpaired) electrons. The number of fused-ring (bicyclic) bond motifs is 1. The molecule has 0 bridgehead atoms. The molecule has 5 rings (SSSR count). The second kappa shape index (κ2) is 10.0. The van der Waals surface area contributed by atoms with E-state index in [0.717, 1.165) is 33.7 Å². The summed E-state index contributed by atoms with van der Waals surface area (Å²) in [5, 5.41) is 23.8. The van der Waals surface area contributed by atoms with Crippen LogP contribution < -0.4 is 5.32 Å². The summed E-state index contributed by atoms with van der Waals surface area (Å²) in [5.74, 6) is -1.42. The van der Waals surface area contributed by atoms with Crippen LogP contribution in [-0.4, -0.2) is 34.9 Å². The second-order valence-corrected chi connectivity index (χ2v) is 8.94. The number of halogens is 2. The van der Waals surface area contributed by atoms with Crippen LogP contribution in [0.1, 0.15) is 34.3 Å². The number of benzene rings is 3. The number of likely N-dealkylation sites (tertiary alicyclic amines) is 1. The van der Waals surface area contributed by atoms with Crippen molar-refractivity contribution in [1.29, 1.82) is 10.5 Å². The monoisotopic (exact) mass is 493 g/mol. The maximum atomic E-state index is 13.9. The number of amides is 1. The molecule has 37 heavy (non-hydrogen) atoms. The molecule has 3 aromatic carbocycles. The third kappa shape index (κ3) is 4.82. The fourth-order valence-corrected chi connectivity index (χ4v) is 4.65. The molecule has 0 saturated carbocycles. The van der Waals surface area contributed by atoms with E-state index in [1.165, 1.54) is 18.2 Å². The van der Waals surface area contributed by atoms with Crippen LogP contribution in [-0.2, 0) is 0 Å². The molecule has 1 fully saturated rings. The molecule has 0 atom stereocenters. The number of carbonyl (C=O) groups is 1. The number of hydrogen-bond donors (Lipinski definition) is 1. The lowest BCUT2D eigenvalue weighted by Gasteiger charge is -2.33. The van der Waals surface area contributed by atoms with E-state index in [1.807, 2.05) is 24.3 Å². The van der Waals surface area contributed by atoms with Gasteiger partial charge in [0.25, 0.3) is 5.91 Å². The van der Waals surface area contributed by atoms with Crippen LogP contribution in [0.4, 0.5) is 14.5 Å². The number of carbonyl (C=O) groups excluding carboxylic acids is 1. The lowest BCUT2D eigenvalue weighted by Crippen LogP contribution is -2.42. The Bertz CT molecular complexity index is 1600. The Hall–Kier alpha value is -4.82. The van der Waals surface area contributed by atoms with E-state index in [4.69, 9.17) is 5.26 Å². The summed E-state index contributed by atoms with van der Waals surface area (Å²) in [4.78, 5) is 18.9. The van der Waals surface area contributed by atoms with Crippen molar-refractivity contribution in [2.24, 2.45) is 0 Å². The molecule has 1 saturated heterocycles. The number of rotatable bonds is 4. The van der Waals surface area contributed by atoms with Crippen LogP contribution in [0.3, 0.4) is 0 Å². The van der Waals surface area contributed by atoms with Crippen LogP contribution >= 0.6 is 0 Å². The van der Waals surface area contributed by atoms with Crippen LogP contribution in [0.2, 0.25) is 0 Å². The smallest absolute Gasteiger partial charge is 0.253 e. The summed E-state index contributed by atoms with van der Waals surface area (Å²) < 4.78 is 27.5. The predicted octanol–water partition coefficient (Wildman–Crippen LogP) is 5.64. The van der Waals surface area contributed by atoms with E-state index in [9.17, 15) is 18.8 Å². The molecule has 182 valence electrons. The highest BCUT2D eigenvalue weighted by molar-refractivity contribution is 5.97. The van der Waals surface area contributed by atoms with Gasteiger partial charge in [-0.1, -0.05) is 6.07 Å². The van der Waals surface area contributed by atoms with Gasteiger partial charge in [-0.3, -0.25) is 9.78 Å². The minimum atomic E-state index is -0.643. The highest BCUT2D eigenvalue weighted by Gasteiger charge is 2.25. The number of nitrogens with one attached hydrogen (secondary N) is 1. The van der Waals surface area contributed by atoms with Crippen molar-refractivity contribution in [3.63, 3.8) is 0 Å². The standard InChI is InChI=1S/C29H21F2N5O/c30-26-3-1-18(11-22(26)15-32)21-12-19-5-8-34-17-25(19)28(14-21)35-24-6-9-36(10-7-24)29(37)20-2-4-27(31)23(13-20)16-33/h1-5,8,11-14,17,24,35H,6-7,9-10H2. The number of pyridine rings is 1. The number of nitriles is 2. The zero-order valence-corrected chi connectivity index (χ0v) is 19.7. The molecule has 1 N–H and O–H groups in total. The van der Waals surface area contributed by atoms with Crippen LogP contribution in [0.5, 0.6) is 0 Å². The third-order valence-corrected chi connectivity index (χ3v) is 6.65. The van der Waals surface area contributed by atoms with E-state index in [2.05, 4.69) is 10.3 Å². The summed E-state index contributed by atoms with van der Waals surface area (Å²) in [6.45, 7) is 1.02. The summed E-state index contributed by atoms with van der Waals surface area (Å²) in [6, 6.07) is 17.9. The van der Waals surface area contributed by atoms with Gasteiger partial charge in [-0.2, -0.15) is 10.5 Å². The summed E-state index contributed by atoms with van der Waals surface area (Å²) in [5.41, 5.74) is 2.58. The van der Waals surface area contributed by atoms with Gasteiger partial charge >= 0.3 is 0 Å². The Kier molecular flexibility index (Phi) is 6.49. The van der Waals surface area contributed by atoms with Gasteiger partial charge in [-0.25, -0.2) is 8.78 Å². The lowest BCUT2D eigenvalue weighted by molar-refractivity contribution is 0.0718. The number of piperidine rings is 1. The minimum Gasteiger partial charge on any atom is -0.382 e. The molecular formula is C29H21F2N5O. The molecule has 0 spiro atoms. The second-order valence-electron chi connectivity index (χ2n) is 8.94. The van der Waals surface area contributed by atoms with Crippen molar-refractivity contribution in [3.8, 4) is 23.3 Å². The first kappa shape index (κ1) is 23.9. The zero-order valence-electron chi connectivity index (χ0n) is 19.7. The number of hydrogen-bond acceptors (Lipinski definition) is 5. The highest BCUT2D eigenvalue weighted by atomic mass is 19.1. The molecule has 1 aliphatic heterocycles. The van der Waals surface area contributed by atoms with Gasteiger partial charge in [0.1, 0.15) is 23.8 Å². The predicted molar refractivity (Wildman–Crippen MR) is 136 cm³/mol. The molecule has 8 heteroatoms. The van der Waals surface area contributed by atoms with Gasteiger partial charge in [0.2, 0.25) is 0 Å². The summed E-state index contributed by atoms with van der Waals surface area (Å²) >= 11 is 0. The highest BCUT2D eigenvalue weighted by Crippen LogP contribution is 2.33. The van der Waals surface area contributed by atoms with Gasteiger partial charge in [0.15, 0.2) is 0 Å². The van der Waals surface area contributed by atoms with Gasteiger partial charge in [0.05, 0.1) is 11.1 Å². The Labute approximate surface area is 212 Å². The first-order valence-corrected chi connectivity index (χ1v) is 11.8. The van der Waals surface area contributed by atoms with Gasteiger partial charge in [-0.05, 0) is 77.9 Å². The SMILES string of the molecule is N#Cc1cc(C(=O)N2CCC(Nc3cc(-c4ccc(F)c(C#N)c4)cc4ccncc34)CC2)ccc1F. The Morgan fingerprint density at radius 1 is 0.919 bits per heavy atom. The van der Waals surface area contributed by atoms with Gasteiger partial charge in [-0.15, -0.1) is 0 Å². The molecule has 2 heterocycles. The number of aromatic nitrogens is 1. The normalized spacial score (nSPS) is 13.7. The summed E-state index contributed by atoms with van der Waals surface area (Å²) in [7, 11) is 0. The van der Waals surface area contributed by atoms with Gasteiger partial charge in [0, 0.05) is 48.2 Å². The minimum absolute atomic E-state index is 0.0121. The topological polar surface area (TPSA) is 92.8 Å². The van der Waals surface area contributed by atoms with Gasteiger partial charge < -0.3 is 10.2 Å². The maximum absolute atomic E-state index is 13.9. The van der Waals surface area contributed by atoms with Crippen LogP contribution in [0, 0.1) is 34.3 Å². The van der Waals surface area contributed by atoms with E-state index in [0.29, 0.717) is 31.5 Å². The quantitative estimate of drug-likeness (QED) is 0.397. The van der Waals surface area contributed by atoms with E-state index in [-0.39, 0.29) is 23.1 Å². The average Bonchev–Trinajstić information content (AvgIpc) is 2.93. The Balaban J connectivity index is 1.35. The van der Waals surface area contributed by atoms with Crippen molar-refractivity contribution in [2.45, 2.75) is 18.9 Å². The molecular weight excluding hydrogens is 472 g/mol. The largest absolute Gasteiger partial charge is 0.382 e. The number of anilines is 1. The fourth-order valence-electron chi connectivity index (χ4n) is 4.65. The molecule has 1 aromatic heterocycles. The molecule has 0 aliphatic carbocycles. The maximum Gasteiger partial charge on any atom is 0.253 e. The van der Waals surface area contributed by atoms with E-state index < -0.39 is 11.6 Å². The van der Waals surface area contributed by atoms with E-state index in [1.54, 1.807) is 35.5 Å². The van der Waals surface area contributed by atoms with Crippen molar-refractivity contribution in [1.82, 2.24) is 9.88 Å². The Morgan fingerprint density at radius 3 is 2.35 bits per heavy atom. The average molecular weight is 494 g/mol. The first-order valence-electron chi connectivity index (χ1n) is 11.8. The molecule has 1 amide bonds. The number of nitrogens with zero attached hydrogens (tertiary/aromatic N) is 4. The van der Waals surface area contributed by atoms with E-state index >= 15 is 0 Å². The van der Waals surface area contributed by atoms with Crippen LogP contribution in [0.25, 0.3) is 21.9 Å². The fraction of sp³-hybridized carbons (Fsp3) is 0.172. The van der Waals surface area contributed by atoms with Crippen molar-refractivity contribution >= 4 is 22.4 Å². The molecule has 0 unspecified atom stereocenters. The molecule has 6 nitrogen and oxygen atoms in total. The third-order valence-electron chi connectivity index (χ3n) is 6.65. The first-order chi connectivity index (χ1) is 18.0. The molecule has 4 aromatic rings. The summed E-state index contributed by atoms with van der Waals surface area (Å²) in [6.07, 6.45) is 4.88. The van der Waals surface area contributed by atoms with Crippen molar-refractivity contribution in [3.05, 3.63) is 95.3 Å². The Morgan fingerprint density at radius 2 is 1.62 bits per heavy atom.